The van der Waals surface area contributed by atoms with E-state index in [9.17, 15) is 22.8 Å². The van der Waals surface area contributed by atoms with Crippen LogP contribution in [0.1, 0.15) is 33.6 Å². The highest BCUT2D eigenvalue weighted by Crippen LogP contribution is 2.33. The summed E-state index contributed by atoms with van der Waals surface area (Å²) in [4.78, 5) is 32.5. The van der Waals surface area contributed by atoms with Crippen molar-refractivity contribution in [2.45, 2.75) is 13.1 Å². The second-order valence-corrected chi connectivity index (χ2v) is 7.19. The van der Waals surface area contributed by atoms with Gasteiger partial charge in [-0.05, 0) is 36.6 Å². The maximum absolute atomic E-state index is 13.6. The number of fused-ring (bicyclic) bond motifs is 1. The van der Waals surface area contributed by atoms with E-state index in [2.05, 4.69) is 20.4 Å². The number of nitrogens with zero attached hydrogens (tertiary/aromatic N) is 4. The molecule has 0 bridgehead atoms. The first-order valence-corrected chi connectivity index (χ1v) is 9.41. The van der Waals surface area contributed by atoms with Crippen LogP contribution >= 0.6 is 11.3 Å². The number of nitrogens with one attached hydrogen (secondary N) is 1. The SMILES string of the molecule is CC(=O)c1cccc(NC(=O)c2nc3nc(-c4cccs4)cc(C(F)(F)F)n3n2)c1. The van der Waals surface area contributed by atoms with Gasteiger partial charge >= 0.3 is 6.18 Å². The fourth-order valence-electron chi connectivity index (χ4n) is 2.72. The van der Waals surface area contributed by atoms with Crippen molar-refractivity contribution < 1.29 is 22.8 Å². The fraction of sp³-hybridized carbons (Fsp3) is 0.105. The Bertz CT molecular complexity index is 1270. The molecule has 0 spiro atoms. The molecule has 1 amide bonds. The molecule has 0 saturated carbocycles. The lowest BCUT2D eigenvalue weighted by Crippen LogP contribution is -2.16. The van der Waals surface area contributed by atoms with Crippen molar-refractivity contribution in [3.8, 4) is 10.6 Å². The van der Waals surface area contributed by atoms with Gasteiger partial charge in [0.1, 0.15) is 0 Å². The molecule has 0 unspecified atom stereocenters. The van der Waals surface area contributed by atoms with Gasteiger partial charge in [-0.15, -0.1) is 16.4 Å². The van der Waals surface area contributed by atoms with E-state index in [1.54, 1.807) is 29.6 Å². The predicted molar refractivity (Wildman–Crippen MR) is 103 cm³/mol. The summed E-state index contributed by atoms with van der Waals surface area (Å²) < 4.78 is 41.2. The number of alkyl halides is 3. The third-order valence-electron chi connectivity index (χ3n) is 4.11. The zero-order valence-electron chi connectivity index (χ0n) is 15.3. The van der Waals surface area contributed by atoms with Crippen molar-refractivity contribution in [1.82, 2.24) is 19.6 Å². The molecular formula is C19H12F3N5O2S. The minimum Gasteiger partial charge on any atom is -0.319 e. The lowest BCUT2D eigenvalue weighted by molar-refractivity contribution is -0.142. The highest BCUT2D eigenvalue weighted by atomic mass is 32.1. The summed E-state index contributed by atoms with van der Waals surface area (Å²) in [5.74, 6) is -1.86. The molecular weight excluding hydrogens is 419 g/mol. The molecule has 3 aromatic heterocycles. The topological polar surface area (TPSA) is 89.2 Å². The minimum atomic E-state index is -4.73. The molecule has 0 aliphatic heterocycles. The summed E-state index contributed by atoms with van der Waals surface area (Å²) >= 11 is 1.23. The van der Waals surface area contributed by atoms with Gasteiger partial charge in [0.25, 0.3) is 11.7 Å². The van der Waals surface area contributed by atoms with Crippen LogP contribution in [0.3, 0.4) is 0 Å². The van der Waals surface area contributed by atoms with Crippen LogP contribution in [0.5, 0.6) is 0 Å². The summed E-state index contributed by atoms with van der Waals surface area (Å²) in [6.07, 6.45) is -4.73. The van der Waals surface area contributed by atoms with Crippen LogP contribution < -0.4 is 5.32 Å². The molecule has 1 N–H and O–H groups in total. The monoisotopic (exact) mass is 431 g/mol. The smallest absolute Gasteiger partial charge is 0.319 e. The highest BCUT2D eigenvalue weighted by molar-refractivity contribution is 7.13. The highest BCUT2D eigenvalue weighted by Gasteiger charge is 2.36. The predicted octanol–water partition coefficient (Wildman–Crippen LogP) is 4.33. The van der Waals surface area contributed by atoms with Crippen molar-refractivity contribution in [2.75, 3.05) is 5.32 Å². The summed E-state index contributed by atoms with van der Waals surface area (Å²) in [6, 6.07) is 10.3. The first kappa shape index (κ1) is 19.7. The molecule has 0 radical (unpaired) electrons. The number of anilines is 1. The van der Waals surface area contributed by atoms with E-state index in [0.717, 1.165) is 6.07 Å². The maximum Gasteiger partial charge on any atom is 0.433 e. The van der Waals surface area contributed by atoms with Crippen molar-refractivity contribution in [1.29, 1.82) is 0 Å². The number of Topliss-reactive ketones (excluding diaryl/α,β-unsaturated/α-hetero) is 1. The number of thiophene rings is 1. The lowest BCUT2D eigenvalue weighted by Gasteiger charge is -2.09. The van der Waals surface area contributed by atoms with Gasteiger partial charge in [0.05, 0.1) is 10.6 Å². The Hall–Kier alpha value is -3.60. The van der Waals surface area contributed by atoms with Crippen molar-refractivity contribution in [3.63, 3.8) is 0 Å². The molecule has 4 rings (SSSR count). The van der Waals surface area contributed by atoms with Crippen LogP contribution in [0, 0.1) is 0 Å². The van der Waals surface area contributed by atoms with Gasteiger partial charge in [-0.2, -0.15) is 22.7 Å². The van der Waals surface area contributed by atoms with E-state index >= 15 is 0 Å². The number of halogens is 3. The Morgan fingerprint density at radius 2 is 1.90 bits per heavy atom. The number of carbonyl (C=O) groups is 2. The van der Waals surface area contributed by atoms with Crippen LogP contribution in [0.15, 0.2) is 47.8 Å². The Labute approximate surface area is 171 Å². The number of amides is 1. The van der Waals surface area contributed by atoms with E-state index in [1.165, 1.54) is 30.4 Å². The molecule has 11 heteroatoms. The second kappa shape index (κ2) is 7.34. The molecule has 152 valence electrons. The molecule has 4 aromatic rings. The van der Waals surface area contributed by atoms with Gasteiger partial charge in [-0.25, -0.2) is 4.98 Å². The van der Waals surface area contributed by atoms with E-state index in [1.807, 2.05) is 0 Å². The molecule has 30 heavy (non-hydrogen) atoms. The Kier molecular flexibility index (Phi) is 4.82. The summed E-state index contributed by atoms with van der Waals surface area (Å²) in [5, 5.41) is 7.90. The average Bonchev–Trinajstić information content (AvgIpc) is 3.36. The second-order valence-electron chi connectivity index (χ2n) is 6.24. The molecule has 1 aromatic carbocycles. The van der Waals surface area contributed by atoms with E-state index in [0.29, 0.717) is 15.0 Å². The van der Waals surface area contributed by atoms with Crippen LogP contribution in [-0.2, 0) is 6.18 Å². The first-order valence-electron chi connectivity index (χ1n) is 8.53. The van der Waals surface area contributed by atoms with Gasteiger partial charge in [0.2, 0.25) is 5.82 Å². The number of ketones is 1. The van der Waals surface area contributed by atoms with Gasteiger partial charge in [0, 0.05) is 11.3 Å². The minimum absolute atomic E-state index is 0.0818. The molecule has 7 nitrogen and oxygen atoms in total. The fourth-order valence-corrected chi connectivity index (χ4v) is 3.41. The van der Waals surface area contributed by atoms with Crippen LogP contribution in [0.4, 0.5) is 18.9 Å². The average molecular weight is 431 g/mol. The normalized spacial score (nSPS) is 11.6. The summed E-state index contributed by atoms with van der Waals surface area (Å²) in [7, 11) is 0. The summed E-state index contributed by atoms with van der Waals surface area (Å²) in [6.45, 7) is 1.38. The molecule has 0 atom stereocenters. The zero-order chi connectivity index (χ0) is 21.5. The van der Waals surface area contributed by atoms with E-state index in [4.69, 9.17) is 0 Å². The quantitative estimate of drug-likeness (QED) is 0.486. The Balaban J connectivity index is 1.74. The van der Waals surface area contributed by atoms with Crippen LogP contribution in [0.2, 0.25) is 0 Å². The number of hydrogen-bond acceptors (Lipinski definition) is 6. The molecule has 0 fully saturated rings. The number of rotatable bonds is 4. The Morgan fingerprint density at radius 1 is 1.10 bits per heavy atom. The number of aromatic nitrogens is 4. The number of hydrogen-bond donors (Lipinski definition) is 1. The van der Waals surface area contributed by atoms with Crippen molar-refractivity contribution in [2.24, 2.45) is 0 Å². The van der Waals surface area contributed by atoms with Gasteiger partial charge < -0.3 is 5.32 Å². The standard InChI is InChI=1S/C19H12F3N5O2S/c1-10(28)11-4-2-5-12(8-11)23-17(29)16-25-18-24-13(14-6-3-7-30-14)9-15(19(20,21)22)27(18)26-16/h2-9H,1H3,(H,23,29). The number of carbonyl (C=O) groups excluding carboxylic acids is 2. The van der Waals surface area contributed by atoms with Crippen LogP contribution in [0.25, 0.3) is 16.3 Å². The molecule has 3 heterocycles. The molecule has 0 aliphatic rings. The van der Waals surface area contributed by atoms with Crippen molar-refractivity contribution >= 4 is 34.5 Å². The van der Waals surface area contributed by atoms with Crippen LogP contribution in [-0.4, -0.2) is 31.3 Å². The van der Waals surface area contributed by atoms with Gasteiger partial charge in [-0.1, -0.05) is 18.2 Å². The van der Waals surface area contributed by atoms with Gasteiger partial charge in [-0.3, -0.25) is 9.59 Å². The van der Waals surface area contributed by atoms with E-state index < -0.39 is 23.6 Å². The van der Waals surface area contributed by atoms with Gasteiger partial charge in [0.15, 0.2) is 11.5 Å². The van der Waals surface area contributed by atoms with Crippen molar-refractivity contribution in [3.05, 3.63) is 64.9 Å². The zero-order valence-corrected chi connectivity index (χ0v) is 16.1. The molecule has 0 aliphatic carbocycles. The Morgan fingerprint density at radius 3 is 2.57 bits per heavy atom. The largest absolute Gasteiger partial charge is 0.433 e. The maximum atomic E-state index is 13.6. The third kappa shape index (κ3) is 3.79. The van der Waals surface area contributed by atoms with E-state index in [-0.39, 0.29) is 22.9 Å². The third-order valence-corrected chi connectivity index (χ3v) is 5.00. The first-order chi connectivity index (χ1) is 14.2. The summed E-state index contributed by atoms with van der Waals surface area (Å²) in [5.41, 5.74) is -0.355. The lowest BCUT2D eigenvalue weighted by atomic mass is 10.1. The molecule has 0 saturated heterocycles. The number of benzene rings is 1.